The summed E-state index contributed by atoms with van der Waals surface area (Å²) in [5.41, 5.74) is 0. The number of aliphatic imine (C=N–C) groups is 1. The van der Waals surface area contributed by atoms with Gasteiger partial charge < -0.3 is 4.57 Å². The summed E-state index contributed by atoms with van der Waals surface area (Å²) >= 11 is 4.48. The topological polar surface area (TPSA) is 30.2 Å². The van der Waals surface area contributed by atoms with Crippen molar-refractivity contribution < 1.29 is 0 Å². The number of imidazole rings is 1. The molecule has 0 spiro atoms. The third-order valence-electron chi connectivity index (χ3n) is 1.35. The van der Waals surface area contributed by atoms with E-state index in [1.165, 1.54) is 0 Å². The van der Waals surface area contributed by atoms with E-state index in [2.05, 4.69) is 41.2 Å². The third kappa shape index (κ3) is 1.73. The smallest absolute Gasteiger partial charge is 0.238 e. The molecule has 0 aromatic carbocycles. The predicted molar refractivity (Wildman–Crippen MR) is 47.3 cm³/mol. The van der Waals surface area contributed by atoms with Gasteiger partial charge in [0.2, 0.25) is 5.95 Å². The summed E-state index contributed by atoms with van der Waals surface area (Å²) in [7, 11) is 0. The summed E-state index contributed by atoms with van der Waals surface area (Å²) in [4.78, 5) is 7.80. The van der Waals surface area contributed by atoms with E-state index < -0.39 is 0 Å². The summed E-state index contributed by atoms with van der Waals surface area (Å²) in [6, 6.07) is 0.361. The van der Waals surface area contributed by atoms with Gasteiger partial charge in [0.15, 0.2) is 0 Å². The molecule has 0 saturated heterocycles. The van der Waals surface area contributed by atoms with Gasteiger partial charge in [-0.05, 0) is 26.1 Å². The normalized spacial score (nSPS) is 9.73. The lowest BCUT2D eigenvalue weighted by Gasteiger charge is -2.06. The minimum absolute atomic E-state index is 0.361. The first kappa shape index (κ1) is 8.11. The average molecular weight is 167 g/mol. The van der Waals surface area contributed by atoms with Crippen LogP contribution in [0.3, 0.4) is 0 Å². The van der Waals surface area contributed by atoms with Crippen LogP contribution in [0.1, 0.15) is 19.9 Å². The Morgan fingerprint density at radius 1 is 1.73 bits per heavy atom. The molecule has 0 aliphatic heterocycles. The number of aromatic nitrogens is 2. The van der Waals surface area contributed by atoms with Crippen molar-refractivity contribution in [1.29, 1.82) is 0 Å². The maximum atomic E-state index is 4.48. The number of isothiocyanates is 1. The second kappa shape index (κ2) is 3.42. The zero-order valence-corrected chi connectivity index (χ0v) is 7.30. The van der Waals surface area contributed by atoms with Crippen molar-refractivity contribution in [2.75, 3.05) is 0 Å². The van der Waals surface area contributed by atoms with Crippen molar-refractivity contribution in [2.45, 2.75) is 19.9 Å². The van der Waals surface area contributed by atoms with E-state index in [-0.39, 0.29) is 0 Å². The van der Waals surface area contributed by atoms with E-state index in [1.807, 2.05) is 10.8 Å². The van der Waals surface area contributed by atoms with Gasteiger partial charge in [0.05, 0.1) is 5.16 Å². The Morgan fingerprint density at radius 3 is 3.00 bits per heavy atom. The Morgan fingerprint density at radius 2 is 2.45 bits per heavy atom. The highest BCUT2D eigenvalue weighted by atomic mass is 32.1. The second-order valence-corrected chi connectivity index (χ2v) is 2.61. The van der Waals surface area contributed by atoms with Crippen LogP contribution in [-0.4, -0.2) is 14.7 Å². The Bertz CT molecular complexity index is 284. The molecule has 0 amide bonds. The minimum atomic E-state index is 0.361. The molecule has 3 nitrogen and oxygen atoms in total. The van der Waals surface area contributed by atoms with Gasteiger partial charge in [-0.25, -0.2) is 4.98 Å². The van der Waals surface area contributed by atoms with Gasteiger partial charge in [0.25, 0.3) is 0 Å². The van der Waals surface area contributed by atoms with Gasteiger partial charge in [-0.15, -0.1) is 0 Å². The molecule has 1 heterocycles. The average Bonchev–Trinajstić information content (AvgIpc) is 2.36. The molecular weight excluding hydrogens is 158 g/mol. The summed E-state index contributed by atoms with van der Waals surface area (Å²) in [6.45, 7) is 4.12. The molecule has 0 N–H and O–H groups in total. The Balaban J connectivity index is 3.05. The molecule has 0 unspecified atom stereocenters. The summed E-state index contributed by atoms with van der Waals surface area (Å²) in [6.07, 6.45) is 3.57. The number of nitrogens with zero attached hydrogens (tertiary/aromatic N) is 3. The molecule has 4 heteroatoms. The SMILES string of the molecule is CC(C)n1ccnc1N=C=S. The maximum absolute atomic E-state index is 4.48. The Kier molecular flexibility index (Phi) is 2.52. The molecule has 0 aliphatic carbocycles. The monoisotopic (exact) mass is 167 g/mol. The van der Waals surface area contributed by atoms with Gasteiger partial charge in [0, 0.05) is 18.4 Å². The van der Waals surface area contributed by atoms with Crippen LogP contribution in [0.15, 0.2) is 17.4 Å². The van der Waals surface area contributed by atoms with E-state index in [1.54, 1.807) is 6.20 Å². The van der Waals surface area contributed by atoms with Crippen molar-refractivity contribution >= 4 is 23.3 Å². The Hall–Kier alpha value is -0.990. The van der Waals surface area contributed by atoms with Gasteiger partial charge in [0.1, 0.15) is 0 Å². The number of hydrogen-bond acceptors (Lipinski definition) is 3. The molecule has 1 rings (SSSR count). The number of thiocarbonyl (C=S) groups is 1. The van der Waals surface area contributed by atoms with Crippen molar-refractivity contribution in [3.63, 3.8) is 0 Å². The lowest BCUT2D eigenvalue weighted by molar-refractivity contribution is 0.604. The highest BCUT2D eigenvalue weighted by Gasteiger charge is 2.02. The summed E-state index contributed by atoms with van der Waals surface area (Å²) in [5, 5.41) is 2.29. The largest absolute Gasteiger partial charge is 0.313 e. The second-order valence-electron chi connectivity index (χ2n) is 2.43. The van der Waals surface area contributed by atoms with Gasteiger partial charge in [-0.3, -0.25) is 0 Å². The van der Waals surface area contributed by atoms with E-state index in [0.717, 1.165) is 0 Å². The molecule has 0 radical (unpaired) electrons. The molecule has 58 valence electrons. The molecule has 0 bridgehead atoms. The lowest BCUT2D eigenvalue weighted by atomic mass is 10.4. The molecule has 0 atom stereocenters. The highest BCUT2D eigenvalue weighted by molar-refractivity contribution is 7.78. The molecule has 0 saturated carbocycles. The number of hydrogen-bond donors (Lipinski definition) is 0. The maximum Gasteiger partial charge on any atom is 0.238 e. The van der Waals surface area contributed by atoms with Crippen LogP contribution in [0, 0.1) is 0 Å². The predicted octanol–water partition coefficient (Wildman–Crippen LogP) is 2.20. The fourth-order valence-electron chi connectivity index (χ4n) is 0.836. The first-order valence-corrected chi connectivity index (χ1v) is 3.77. The Labute approximate surface area is 70.8 Å². The van der Waals surface area contributed by atoms with E-state index in [0.29, 0.717) is 12.0 Å². The summed E-state index contributed by atoms with van der Waals surface area (Å²) < 4.78 is 1.93. The zero-order valence-electron chi connectivity index (χ0n) is 6.48. The molecule has 1 aromatic rings. The fourth-order valence-corrected chi connectivity index (χ4v) is 0.917. The minimum Gasteiger partial charge on any atom is -0.313 e. The number of rotatable bonds is 2. The van der Waals surface area contributed by atoms with Crippen LogP contribution in [0.5, 0.6) is 0 Å². The first-order chi connectivity index (χ1) is 5.25. The van der Waals surface area contributed by atoms with Gasteiger partial charge >= 0.3 is 0 Å². The molecule has 0 aliphatic rings. The van der Waals surface area contributed by atoms with Crippen LogP contribution in [0.4, 0.5) is 5.95 Å². The van der Waals surface area contributed by atoms with E-state index in [4.69, 9.17) is 0 Å². The summed E-state index contributed by atoms with van der Waals surface area (Å²) in [5.74, 6) is 0.620. The van der Waals surface area contributed by atoms with Gasteiger partial charge in [-0.2, -0.15) is 4.99 Å². The molecule has 11 heavy (non-hydrogen) atoms. The van der Waals surface area contributed by atoms with Crippen molar-refractivity contribution in [1.82, 2.24) is 9.55 Å². The van der Waals surface area contributed by atoms with Crippen molar-refractivity contribution in [2.24, 2.45) is 4.99 Å². The van der Waals surface area contributed by atoms with Crippen molar-refractivity contribution in [3.8, 4) is 0 Å². The first-order valence-electron chi connectivity index (χ1n) is 3.36. The van der Waals surface area contributed by atoms with E-state index in [9.17, 15) is 0 Å². The fraction of sp³-hybridized carbons (Fsp3) is 0.429. The van der Waals surface area contributed by atoms with Crippen LogP contribution in [0.2, 0.25) is 0 Å². The van der Waals surface area contributed by atoms with Crippen molar-refractivity contribution in [3.05, 3.63) is 12.4 Å². The van der Waals surface area contributed by atoms with Crippen LogP contribution in [-0.2, 0) is 0 Å². The zero-order chi connectivity index (χ0) is 8.27. The van der Waals surface area contributed by atoms with E-state index >= 15 is 0 Å². The van der Waals surface area contributed by atoms with Crippen LogP contribution in [0.25, 0.3) is 0 Å². The standard InChI is InChI=1S/C7H9N3S/c1-6(2)10-4-3-8-7(10)9-5-11/h3-4,6H,1-2H3. The molecule has 1 aromatic heterocycles. The lowest BCUT2D eigenvalue weighted by Crippen LogP contribution is -1.97. The van der Waals surface area contributed by atoms with Crippen LogP contribution < -0.4 is 0 Å². The third-order valence-corrected chi connectivity index (χ3v) is 1.44. The highest BCUT2D eigenvalue weighted by Crippen LogP contribution is 2.14. The molecule has 0 fully saturated rings. The quantitative estimate of drug-likeness (QED) is 0.499. The molecular formula is C7H9N3S. The van der Waals surface area contributed by atoms with Gasteiger partial charge in [-0.1, -0.05) is 0 Å². The van der Waals surface area contributed by atoms with Crippen LogP contribution >= 0.6 is 12.2 Å².